The molecule has 0 atom stereocenters. The zero-order chi connectivity index (χ0) is 12.0. The van der Waals surface area contributed by atoms with Crippen LogP contribution in [0.2, 0.25) is 0 Å². The second-order valence-electron chi connectivity index (χ2n) is 3.53. The van der Waals surface area contributed by atoms with Crippen LogP contribution in [0.15, 0.2) is 18.2 Å². The summed E-state index contributed by atoms with van der Waals surface area (Å²) < 4.78 is 4.99. The van der Waals surface area contributed by atoms with Gasteiger partial charge in [0.2, 0.25) is 11.8 Å². The molecule has 1 rings (SSSR count). The lowest BCUT2D eigenvalue weighted by atomic mass is 10.3. The number of ether oxygens (including phenoxy) is 1. The second-order valence-corrected chi connectivity index (χ2v) is 3.53. The van der Waals surface area contributed by atoms with E-state index in [0.29, 0.717) is 24.7 Å². The lowest BCUT2D eigenvalue weighted by Crippen LogP contribution is -2.24. The molecule has 0 aliphatic rings. The molecule has 16 heavy (non-hydrogen) atoms. The molecule has 0 saturated heterocycles. The molecule has 0 aromatic carbocycles. The number of carbonyl (C=O) groups is 1. The highest BCUT2D eigenvalue weighted by Crippen LogP contribution is 2.10. The highest BCUT2D eigenvalue weighted by Gasteiger charge is 2.03. The van der Waals surface area contributed by atoms with Crippen molar-refractivity contribution in [2.45, 2.75) is 6.42 Å². The first-order valence-corrected chi connectivity index (χ1v) is 5.08. The van der Waals surface area contributed by atoms with Crippen LogP contribution in [0.5, 0.6) is 5.88 Å². The van der Waals surface area contributed by atoms with Crippen molar-refractivity contribution in [3.63, 3.8) is 0 Å². The molecule has 0 fully saturated rings. The predicted octanol–water partition coefficient (Wildman–Crippen LogP) is 0.980. The number of nitrogens with zero attached hydrogens (tertiary/aromatic N) is 2. The van der Waals surface area contributed by atoms with Gasteiger partial charge in [-0.3, -0.25) is 4.79 Å². The Hall–Kier alpha value is -1.78. The summed E-state index contributed by atoms with van der Waals surface area (Å²) in [6.07, 6.45) is 0.450. The van der Waals surface area contributed by atoms with Gasteiger partial charge in [0.25, 0.3) is 0 Å². The van der Waals surface area contributed by atoms with E-state index >= 15 is 0 Å². The highest BCUT2D eigenvalue weighted by atomic mass is 16.5. The van der Waals surface area contributed by atoms with E-state index in [1.165, 1.54) is 0 Å². The summed E-state index contributed by atoms with van der Waals surface area (Å²) in [5, 5.41) is 3.07. The second kappa shape index (κ2) is 5.95. The van der Waals surface area contributed by atoms with Crippen LogP contribution in [0.4, 0.5) is 5.82 Å². The van der Waals surface area contributed by atoms with Gasteiger partial charge in [0.15, 0.2) is 0 Å². The number of nitrogens with one attached hydrogen (secondary N) is 1. The van der Waals surface area contributed by atoms with Crippen molar-refractivity contribution >= 4 is 11.7 Å². The Morgan fingerprint density at radius 2 is 2.25 bits per heavy atom. The Kier molecular flexibility index (Phi) is 4.57. The Balaban J connectivity index is 2.40. The lowest BCUT2D eigenvalue weighted by Gasteiger charge is -2.11. The standard InChI is InChI=1S/C11H17N3O2/c1-14(2)11(15)7-8-12-9-5-4-6-10(13-9)16-3/h4-6H,7-8H2,1-3H3,(H,12,13). The van der Waals surface area contributed by atoms with Crippen LogP contribution in [-0.2, 0) is 4.79 Å². The molecule has 0 aliphatic heterocycles. The molecule has 1 aromatic rings. The van der Waals surface area contributed by atoms with E-state index in [9.17, 15) is 4.79 Å². The van der Waals surface area contributed by atoms with Crippen LogP contribution in [0.1, 0.15) is 6.42 Å². The molecule has 0 bridgehead atoms. The number of amides is 1. The van der Waals surface area contributed by atoms with E-state index in [2.05, 4.69) is 10.3 Å². The van der Waals surface area contributed by atoms with Gasteiger partial charge in [0.1, 0.15) is 5.82 Å². The zero-order valence-corrected chi connectivity index (χ0v) is 9.86. The number of hydrogen-bond donors (Lipinski definition) is 1. The van der Waals surface area contributed by atoms with Crippen molar-refractivity contribution in [3.05, 3.63) is 18.2 Å². The van der Waals surface area contributed by atoms with Gasteiger partial charge in [-0.1, -0.05) is 6.07 Å². The van der Waals surface area contributed by atoms with Gasteiger partial charge < -0.3 is 15.0 Å². The Morgan fingerprint density at radius 1 is 1.50 bits per heavy atom. The fourth-order valence-electron chi connectivity index (χ4n) is 1.15. The van der Waals surface area contributed by atoms with Gasteiger partial charge in [-0.15, -0.1) is 0 Å². The Morgan fingerprint density at radius 3 is 2.88 bits per heavy atom. The molecule has 0 saturated carbocycles. The van der Waals surface area contributed by atoms with Gasteiger partial charge in [-0.25, -0.2) is 0 Å². The number of pyridine rings is 1. The molecule has 0 radical (unpaired) electrons. The van der Waals surface area contributed by atoms with Crippen molar-refractivity contribution in [1.29, 1.82) is 0 Å². The molecule has 0 unspecified atom stereocenters. The molecule has 88 valence electrons. The molecule has 1 amide bonds. The number of anilines is 1. The largest absolute Gasteiger partial charge is 0.481 e. The maximum atomic E-state index is 11.3. The summed E-state index contributed by atoms with van der Waals surface area (Å²) in [4.78, 5) is 17.0. The third-order valence-electron chi connectivity index (χ3n) is 2.08. The normalized spacial score (nSPS) is 9.69. The highest BCUT2D eigenvalue weighted by molar-refractivity contribution is 5.76. The molecular formula is C11H17N3O2. The van der Waals surface area contributed by atoms with E-state index in [1.54, 1.807) is 32.2 Å². The summed E-state index contributed by atoms with van der Waals surface area (Å²) in [6, 6.07) is 5.46. The minimum absolute atomic E-state index is 0.0930. The molecule has 0 aliphatic carbocycles. The summed E-state index contributed by atoms with van der Waals surface area (Å²) in [7, 11) is 5.06. The SMILES string of the molecule is COc1cccc(NCCC(=O)N(C)C)n1. The van der Waals surface area contributed by atoms with Gasteiger partial charge in [-0.2, -0.15) is 4.98 Å². The van der Waals surface area contributed by atoms with E-state index in [0.717, 1.165) is 0 Å². The Labute approximate surface area is 95.4 Å². The minimum atomic E-state index is 0.0930. The van der Waals surface area contributed by atoms with Gasteiger partial charge in [0, 0.05) is 33.1 Å². The molecule has 1 aromatic heterocycles. The monoisotopic (exact) mass is 223 g/mol. The molecule has 1 heterocycles. The van der Waals surface area contributed by atoms with Crippen LogP contribution < -0.4 is 10.1 Å². The number of methoxy groups -OCH3 is 1. The maximum Gasteiger partial charge on any atom is 0.223 e. The van der Waals surface area contributed by atoms with Gasteiger partial charge >= 0.3 is 0 Å². The van der Waals surface area contributed by atoms with E-state index in [-0.39, 0.29) is 5.91 Å². The van der Waals surface area contributed by atoms with Crippen molar-refractivity contribution in [3.8, 4) is 5.88 Å². The quantitative estimate of drug-likeness (QED) is 0.808. The zero-order valence-electron chi connectivity index (χ0n) is 9.86. The maximum absolute atomic E-state index is 11.3. The molecular weight excluding hydrogens is 206 g/mol. The fourth-order valence-corrected chi connectivity index (χ4v) is 1.15. The number of hydrogen-bond acceptors (Lipinski definition) is 4. The third kappa shape index (κ3) is 3.76. The third-order valence-corrected chi connectivity index (χ3v) is 2.08. The first-order valence-electron chi connectivity index (χ1n) is 5.08. The first-order chi connectivity index (χ1) is 7.63. The average molecular weight is 223 g/mol. The van der Waals surface area contributed by atoms with E-state index in [4.69, 9.17) is 4.74 Å². The van der Waals surface area contributed by atoms with E-state index < -0.39 is 0 Å². The number of carbonyl (C=O) groups excluding carboxylic acids is 1. The summed E-state index contributed by atoms with van der Waals surface area (Å²) in [5.41, 5.74) is 0. The molecule has 5 heteroatoms. The van der Waals surface area contributed by atoms with Crippen molar-refractivity contribution < 1.29 is 9.53 Å². The molecule has 0 spiro atoms. The summed E-state index contributed by atoms with van der Waals surface area (Å²) >= 11 is 0. The fraction of sp³-hybridized carbons (Fsp3) is 0.455. The van der Waals surface area contributed by atoms with Gasteiger partial charge in [0.05, 0.1) is 7.11 Å². The van der Waals surface area contributed by atoms with Crippen molar-refractivity contribution in [1.82, 2.24) is 9.88 Å². The van der Waals surface area contributed by atoms with Crippen LogP contribution in [0.3, 0.4) is 0 Å². The topological polar surface area (TPSA) is 54.5 Å². The van der Waals surface area contributed by atoms with Crippen molar-refractivity contribution in [2.75, 3.05) is 33.1 Å². The Bertz CT molecular complexity index is 353. The van der Waals surface area contributed by atoms with Crippen LogP contribution in [0.25, 0.3) is 0 Å². The summed E-state index contributed by atoms with van der Waals surface area (Å²) in [6.45, 7) is 0.567. The first kappa shape index (κ1) is 12.3. The minimum Gasteiger partial charge on any atom is -0.481 e. The van der Waals surface area contributed by atoms with Crippen LogP contribution in [0, 0.1) is 0 Å². The van der Waals surface area contributed by atoms with Crippen molar-refractivity contribution in [2.24, 2.45) is 0 Å². The molecule has 1 N–H and O–H groups in total. The summed E-state index contributed by atoms with van der Waals surface area (Å²) in [5.74, 6) is 1.37. The number of rotatable bonds is 5. The number of aromatic nitrogens is 1. The lowest BCUT2D eigenvalue weighted by molar-refractivity contribution is -0.128. The average Bonchev–Trinajstić information content (AvgIpc) is 2.29. The van der Waals surface area contributed by atoms with Crippen LogP contribution in [-0.4, -0.2) is 43.5 Å². The molecule has 5 nitrogen and oxygen atoms in total. The van der Waals surface area contributed by atoms with Gasteiger partial charge in [-0.05, 0) is 6.07 Å². The smallest absolute Gasteiger partial charge is 0.223 e. The van der Waals surface area contributed by atoms with Crippen LogP contribution >= 0.6 is 0 Å². The predicted molar refractivity (Wildman–Crippen MR) is 62.6 cm³/mol. The van der Waals surface area contributed by atoms with E-state index in [1.807, 2.05) is 12.1 Å².